The van der Waals surface area contributed by atoms with E-state index in [9.17, 15) is 19.1 Å². The standard InChI is InChI=1S/C28H25F2N3O4S/c29-18-8-7-17-22(23(18)30)28(10-3-4-11-28)38-20-6-2-1-5-16(20)24(17)33-21-15-37-14-13-31(21)27(36)25-26(35)19(34)9-12-32(25)33/h1-2,5-9,12,21,24,35H,3-4,10-11,13-15H2. The summed E-state index contributed by atoms with van der Waals surface area (Å²) in [6, 6.07) is 11.2. The van der Waals surface area contributed by atoms with E-state index in [0.717, 1.165) is 29.4 Å². The molecule has 3 aromatic rings. The average molecular weight is 538 g/mol. The monoisotopic (exact) mass is 537 g/mol. The molecule has 2 fully saturated rings. The number of rotatable bonds is 1. The number of aromatic hydroxyl groups is 1. The molecule has 38 heavy (non-hydrogen) atoms. The summed E-state index contributed by atoms with van der Waals surface area (Å²) in [6.07, 6.45) is 4.12. The number of pyridine rings is 1. The molecule has 0 bridgehead atoms. The molecule has 4 aliphatic rings. The molecule has 4 heterocycles. The average Bonchev–Trinajstić information content (AvgIpc) is 3.35. The Morgan fingerprint density at radius 2 is 1.82 bits per heavy atom. The van der Waals surface area contributed by atoms with Gasteiger partial charge in [0.2, 0.25) is 5.43 Å². The van der Waals surface area contributed by atoms with Crippen molar-refractivity contribution in [2.24, 2.45) is 0 Å². The van der Waals surface area contributed by atoms with Crippen LogP contribution < -0.4 is 10.4 Å². The fraction of sp³-hybridized carbons (Fsp3) is 0.357. The quantitative estimate of drug-likeness (QED) is 0.501. The highest BCUT2D eigenvalue weighted by Crippen LogP contribution is 2.59. The van der Waals surface area contributed by atoms with Crippen LogP contribution in [0.25, 0.3) is 0 Å². The molecule has 1 spiro atoms. The van der Waals surface area contributed by atoms with Gasteiger partial charge >= 0.3 is 0 Å². The first-order valence-electron chi connectivity index (χ1n) is 12.8. The van der Waals surface area contributed by atoms with Crippen LogP contribution in [0.2, 0.25) is 0 Å². The molecule has 1 saturated carbocycles. The Morgan fingerprint density at radius 1 is 1.03 bits per heavy atom. The van der Waals surface area contributed by atoms with Gasteiger partial charge in [-0.25, -0.2) is 8.78 Å². The van der Waals surface area contributed by atoms with Crippen molar-refractivity contribution in [3.63, 3.8) is 0 Å². The van der Waals surface area contributed by atoms with E-state index in [2.05, 4.69) is 0 Å². The molecule has 10 heteroatoms. The molecule has 2 aromatic carbocycles. The minimum absolute atomic E-state index is 0.148. The van der Waals surface area contributed by atoms with Gasteiger partial charge in [0, 0.05) is 34.0 Å². The number of morpholine rings is 1. The summed E-state index contributed by atoms with van der Waals surface area (Å²) in [4.78, 5) is 28.5. The van der Waals surface area contributed by atoms with E-state index in [1.54, 1.807) is 22.7 Å². The zero-order chi connectivity index (χ0) is 26.2. The second kappa shape index (κ2) is 8.57. The number of hydrogen-bond donors (Lipinski definition) is 1. The maximum atomic E-state index is 15.9. The van der Waals surface area contributed by atoms with Gasteiger partial charge in [-0.2, -0.15) is 0 Å². The molecule has 0 radical (unpaired) electrons. The largest absolute Gasteiger partial charge is 0.502 e. The molecule has 7 rings (SSSR count). The number of amides is 1. The van der Waals surface area contributed by atoms with Gasteiger partial charge in [-0.05, 0) is 36.1 Å². The second-order valence-corrected chi connectivity index (χ2v) is 11.7. The summed E-state index contributed by atoms with van der Waals surface area (Å²) >= 11 is 1.58. The van der Waals surface area contributed by atoms with Crippen LogP contribution in [0, 0.1) is 11.6 Å². The summed E-state index contributed by atoms with van der Waals surface area (Å²) in [5.74, 6) is -2.85. The Labute approximate surface area is 221 Å². The van der Waals surface area contributed by atoms with Crippen molar-refractivity contribution in [3.05, 3.63) is 92.9 Å². The van der Waals surface area contributed by atoms with E-state index in [4.69, 9.17) is 4.74 Å². The maximum Gasteiger partial charge on any atom is 0.278 e. The molecule has 3 aliphatic heterocycles. The number of fused-ring (bicyclic) bond motifs is 5. The molecule has 1 aliphatic carbocycles. The molecular weight excluding hydrogens is 512 g/mol. The van der Waals surface area contributed by atoms with Crippen LogP contribution in [0.3, 0.4) is 0 Å². The summed E-state index contributed by atoms with van der Waals surface area (Å²) in [5, 5.41) is 12.6. The van der Waals surface area contributed by atoms with Gasteiger partial charge in [0.25, 0.3) is 5.91 Å². The lowest BCUT2D eigenvalue weighted by atomic mass is 9.85. The first-order valence-corrected chi connectivity index (χ1v) is 13.6. The number of hydrogen-bond acceptors (Lipinski definition) is 6. The van der Waals surface area contributed by atoms with Crippen LogP contribution in [0.15, 0.2) is 58.4 Å². The van der Waals surface area contributed by atoms with Crippen LogP contribution in [0.5, 0.6) is 5.75 Å². The van der Waals surface area contributed by atoms with Crippen molar-refractivity contribution in [1.29, 1.82) is 0 Å². The predicted octanol–water partition coefficient (Wildman–Crippen LogP) is 4.25. The van der Waals surface area contributed by atoms with Crippen molar-refractivity contribution in [1.82, 2.24) is 9.58 Å². The third kappa shape index (κ3) is 3.22. The van der Waals surface area contributed by atoms with Crippen LogP contribution in [0.1, 0.15) is 58.9 Å². The minimum atomic E-state index is -0.890. The zero-order valence-corrected chi connectivity index (χ0v) is 21.2. The highest BCUT2D eigenvalue weighted by molar-refractivity contribution is 8.00. The number of nitrogens with zero attached hydrogens (tertiary/aromatic N) is 3. The van der Waals surface area contributed by atoms with E-state index in [1.165, 1.54) is 16.9 Å². The van der Waals surface area contributed by atoms with Crippen LogP contribution in [-0.4, -0.2) is 46.5 Å². The smallest absolute Gasteiger partial charge is 0.278 e. The third-order valence-corrected chi connectivity index (χ3v) is 9.84. The highest BCUT2D eigenvalue weighted by atomic mass is 32.2. The highest BCUT2D eigenvalue weighted by Gasteiger charge is 2.50. The molecule has 1 amide bonds. The molecule has 1 N–H and O–H groups in total. The van der Waals surface area contributed by atoms with Gasteiger partial charge in [0.05, 0.1) is 19.3 Å². The van der Waals surface area contributed by atoms with Gasteiger partial charge < -0.3 is 14.7 Å². The van der Waals surface area contributed by atoms with Crippen molar-refractivity contribution >= 4 is 17.7 Å². The fourth-order valence-corrected chi connectivity index (χ4v) is 8.27. The number of ether oxygens (including phenoxy) is 1. The third-order valence-electron chi connectivity index (χ3n) is 8.25. The number of carbonyl (C=O) groups excluding carboxylic acids is 1. The van der Waals surface area contributed by atoms with Crippen LogP contribution in [-0.2, 0) is 9.48 Å². The second-order valence-electron chi connectivity index (χ2n) is 10.2. The molecule has 196 valence electrons. The van der Waals surface area contributed by atoms with Crippen molar-refractivity contribution in [3.8, 4) is 5.75 Å². The number of halogens is 2. The summed E-state index contributed by atoms with van der Waals surface area (Å²) in [6.45, 7) is 0.749. The van der Waals surface area contributed by atoms with E-state index < -0.39 is 45.7 Å². The molecule has 2 unspecified atom stereocenters. The lowest BCUT2D eigenvalue weighted by molar-refractivity contribution is -0.0198. The Hall–Kier alpha value is -3.37. The first kappa shape index (κ1) is 23.7. The van der Waals surface area contributed by atoms with E-state index in [1.807, 2.05) is 29.3 Å². The summed E-state index contributed by atoms with van der Waals surface area (Å²) < 4.78 is 37.5. The Morgan fingerprint density at radius 3 is 2.63 bits per heavy atom. The van der Waals surface area contributed by atoms with E-state index in [0.29, 0.717) is 30.6 Å². The van der Waals surface area contributed by atoms with Gasteiger partial charge in [0.1, 0.15) is 6.17 Å². The summed E-state index contributed by atoms with van der Waals surface area (Å²) in [7, 11) is 0. The van der Waals surface area contributed by atoms with Gasteiger partial charge in [-0.3, -0.25) is 19.3 Å². The molecule has 2 atom stereocenters. The zero-order valence-electron chi connectivity index (χ0n) is 20.4. The number of aromatic nitrogens is 1. The van der Waals surface area contributed by atoms with Gasteiger partial charge in [0.15, 0.2) is 23.1 Å². The Balaban J connectivity index is 1.56. The van der Waals surface area contributed by atoms with Crippen LogP contribution >= 0.6 is 11.8 Å². The van der Waals surface area contributed by atoms with E-state index >= 15 is 4.39 Å². The topological polar surface area (TPSA) is 75.0 Å². The van der Waals surface area contributed by atoms with Crippen LogP contribution in [0.4, 0.5) is 8.78 Å². The van der Waals surface area contributed by atoms with Crippen molar-refractivity contribution < 1.29 is 23.4 Å². The van der Waals surface area contributed by atoms with Crippen molar-refractivity contribution in [2.75, 3.05) is 24.8 Å². The Kier molecular flexibility index (Phi) is 5.35. The maximum absolute atomic E-state index is 15.9. The fourth-order valence-electron chi connectivity index (χ4n) is 6.60. The molecule has 1 aromatic heterocycles. The minimum Gasteiger partial charge on any atom is -0.502 e. The molecular formula is C28H25F2N3O4S. The van der Waals surface area contributed by atoms with E-state index in [-0.39, 0.29) is 18.8 Å². The number of thioether (sulfide) groups is 1. The molecule has 7 nitrogen and oxygen atoms in total. The van der Waals surface area contributed by atoms with Gasteiger partial charge in [-0.1, -0.05) is 37.1 Å². The Bertz CT molecular complexity index is 1540. The van der Waals surface area contributed by atoms with Crippen molar-refractivity contribution in [2.45, 2.75) is 47.5 Å². The molecule has 1 saturated heterocycles. The predicted molar refractivity (Wildman–Crippen MR) is 137 cm³/mol. The number of carbonyl (C=O) groups is 1. The lowest BCUT2D eigenvalue weighted by Gasteiger charge is -2.51. The normalized spacial score (nSPS) is 23.5. The number of benzene rings is 2. The summed E-state index contributed by atoms with van der Waals surface area (Å²) in [5.41, 5.74) is 1.02. The lowest BCUT2D eigenvalue weighted by Crippen LogP contribution is -2.66. The SMILES string of the molecule is O=C1c2c(O)c(=O)ccn2N(C2c3ccccc3SC3(CCCC3)c3c2ccc(F)c3F)C2COCCN12. The first-order chi connectivity index (χ1) is 18.4. The van der Waals surface area contributed by atoms with Gasteiger partial charge in [-0.15, -0.1) is 11.8 Å².